The molecule has 2 aromatic rings. The molecule has 1 unspecified atom stereocenters. The fraction of sp³-hybridized carbons (Fsp3) is 0.211. The van der Waals surface area contributed by atoms with Crippen LogP contribution in [0.3, 0.4) is 0 Å². The molecule has 2 amide bonds. The zero-order chi connectivity index (χ0) is 17.8. The van der Waals surface area contributed by atoms with Crippen LogP contribution in [0.5, 0.6) is 0 Å². The standard InChI is InChI=1S/C19H17N3O3/c20-12-13-8-9-15(14-5-2-1-3-6-14)16(11-13)21-19(25)22-10-4-7-17(22)18(23)24/h1-3,5-6,8-9,11,17H,4,7,10H2,(H,21,25)(H,23,24). The van der Waals surface area contributed by atoms with E-state index in [2.05, 4.69) is 11.4 Å². The molecule has 1 heterocycles. The summed E-state index contributed by atoms with van der Waals surface area (Å²) in [6.45, 7) is 0.404. The zero-order valence-corrected chi connectivity index (χ0v) is 13.5. The number of urea groups is 1. The number of carbonyl (C=O) groups is 2. The lowest BCUT2D eigenvalue weighted by atomic mass is 10.0. The van der Waals surface area contributed by atoms with Crippen molar-refractivity contribution in [3.63, 3.8) is 0 Å². The summed E-state index contributed by atoms with van der Waals surface area (Å²) in [6.07, 6.45) is 1.11. The highest BCUT2D eigenvalue weighted by Crippen LogP contribution is 2.30. The maximum absolute atomic E-state index is 12.6. The third kappa shape index (κ3) is 3.45. The van der Waals surface area contributed by atoms with Crippen LogP contribution in [-0.2, 0) is 4.79 Å². The molecule has 0 aliphatic carbocycles. The van der Waals surface area contributed by atoms with Crippen LogP contribution >= 0.6 is 0 Å². The van der Waals surface area contributed by atoms with E-state index in [0.29, 0.717) is 30.6 Å². The Labute approximate surface area is 145 Å². The van der Waals surface area contributed by atoms with Gasteiger partial charge in [-0.1, -0.05) is 36.4 Å². The summed E-state index contributed by atoms with van der Waals surface area (Å²) in [7, 11) is 0. The summed E-state index contributed by atoms with van der Waals surface area (Å²) in [4.78, 5) is 25.2. The molecule has 0 bridgehead atoms. The second kappa shape index (κ2) is 7.05. The molecule has 1 atom stereocenters. The Bertz CT molecular complexity index is 843. The number of hydrogen-bond acceptors (Lipinski definition) is 3. The average molecular weight is 335 g/mol. The van der Waals surface area contributed by atoms with Gasteiger partial charge in [-0.15, -0.1) is 0 Å². The van der Waals surface area contributed by atoms with Crippen molar-refractivity contribution in [3.05, 3.63) is 54.1 Å². The van der Waals surface area contributed by atoms with Gasteiger partial charge in [0.2, 0.25) is 0 Å². The van der Waals surface area contributed by atoms with Gasteiger partial charge in [-0.25, -0.2) is 9.59 Å². The highest BCUT2D eigenvalue weighted by molar-refractivity contribution is 5.96. The minimum absolute atomic E-state index is 0.404. The molecular weight excluding hydrogens is 318 g/mol. The van der Waals surface area contributed by atoms with Crippen molar-refractivity contribution in [1.82, 2.24) is 4.90 Å². The van der Waals surface area contributed by atoms with Crippen molar-refractivity contribution in [2.75, 3.05) is 11.9 Å². The molecule has 1 saturated heterocycles. The lowest BCUT2D eigenvalue weighted by molar-refractivity contribution is -0.141. The SMILES string of the molecule is N#Cc1ccc(-c2ccccc2)c(NC(=O)N2CCCC2C(=O)O)c1. The Kier molecular flexibility index (Phi) is 4.66. The number of carboxylic acid groups (broad SMARTS) is 1. The number of amides is 2. The van der Waals surface area contributed by atoms with Gasteiger partial charge in [-0.3, -0.25) is 0 Å². The summed E-state index contributed by atoms with van der Waals surface area (Å²) < 4.78 is 0. The highest BCUT2D eigenvalue weighted by atomic mass is 16.4. The topological polar surface area (TPSA) is 93.4 Å². The Balaban J connectivity index is 1.92. The molecule has 25 heavy (non-hydrogen) atoms. The first-order valence-corrected chi connectivity index (χ1v) is 8.00. The zero-order valence-electron chi connectivity index (χ0n) is 13.5. The van der Waals surface area contributed by atoms with E-state index in [0.717, 1.165) is 11.1 Å². The number of hydrogen-bond donors (Lipinski definition) is 2. The third-order valence-electron chi connectivity index (χ3n) is 4.27. The van der Waals surface area contributed by atoms with E-state index in [1.165, 1.54) is 4.90 Å². The molecule has 2 N–H and O–H groups in total. The van der Waals surface area contributed by atoms with E-state index >= 15 is 0 Å². The molecule has 6 nitrogen and oxygen atoms in total. The summed E-state index contributed by atoms with van der Waals surface area (Å²) in [5.74, 6) is -0.998. The second-order valence-electron chi connectivity index (χ2n) is 5.86. The average Bonchev–Trinajstić information content (AvgIpc) is 3.12. The van der Waals surface area contributed by atoms with Crippen LogP contribution < -0.4 is 5.32 Å². The first-order chi connectivity index (χ1) is 12.1. The van der Waals surface area contributed by atoms with E-state index < -0.39 is 18.0 Å². The molecule has 0 spiro atoms. The van der Waals surface area contributed by atoms with Gasteiger partial charge in [-0.2, -0.15) is 5.26 Å². The Morgan fingerprint density at radius 3 is 2.64 bits per heavy atom. The van der Waals surface area contributed by atoms with Crippen molar-refractivity contribution in [2.24, 2.45) is 0 Å². The van der Waals surface area contributed by atoms with Gasteiger partial charge in [0, 0.05) is 12.1 Å². The van der Waals surface area contributed by atoms with Crippen molar-refractivity contribution >= 4 is 17.7 Å². The van der Waals surface area contributed by atoms with E-state index in [1.807, 2.05) is 30.3 Å². The van der Waals surface area contributed by atoms with Crippen LogP contribution in [0, 0.1) is 11.3 Å². The summed E-state index contributed by atoms with van der Waals surface area (Å²) in [5, 5.41) is 21.2. The summed E-state index contributed by atoms with van der Waals surface area (Å²) in [5.41, 5.74) is 2.59. The summed E-state index contributed by atoms with van der Waals surface area (Å²) in [6, 6.07) is 15.4. The third-order valence-corrected chi connectivity index (χ3v) is 4.27. The van der Waals surface area contributed by atoms with Gasteiger partial charge in [-0.05, 0) is 30.5 Å². The van der Waals surface area contributed by atoms with Crippen LogP contribution in [-0.4, -0.2) is 34.6 Å². The molecule has 126 valence electrons. The maximum Gasteiger partial charge on any atom is 0.326 e. The predicted molar refractivity (Wildman–Crippen MR) is 93.0 cm³/mol. The molecule has 3 rings (SSSR count). The molecule has 2 aromatic carbocycles. The van der Waals surface area contributed by atoms with Gasteiger partial charge in [0.05, 0.1) is 17.3 Å². The van der Waals surface area contributed by atoms with Gasteiger partial charge >= 0.3 is 12.0 Å². The van der Waals surface area contributed by atoms with Crippen molar-refractivity contribution in [2.45, 2.75) is 18.9 Å². The number of aliphatic carboxylic acids is 1. The Morgan fingerprint density at radius 2 is 1.96 bits per heavy atom. The number of nitriles is 1. The Morgan fingerprint density at radius 1 is 1.20 bits per heavy atom. The lowest BCUT2D eigenvalue weighted by Crippen LogP contribution is -2.42. The number of benzene rings is 2. The predicted octanol–water partition coefficient (Wildman–Crippen LogP) is 3.31. The summed E-state index contributed by atoms with van der Waals surface area (Å²) >= 11 is 0. The van der Waals surface area contributed by atoms with Gasteiger partial charge in [0.15, 0.2) is 0 Å². The number of likely N-dealkylation sites (tertiary alicyclic amines) is 1. The molecule has 0 saturated carbocycles. The fourth-order valence-electron chi connectivity index (χ4n) is 3.04. The van der Waals surface area contributed by atoms with Crippen molar-refractivity contribution in [1.29, 1.82) is 5.26 Å². The van der Waals surface area contributed by atoms with Crippen LogP contribution in [0.25, 0.3) is 11.1 Å². The van der Waals surface area contributed by atoms with Crippen LogP contribution in [0.2, 0.25) is 0 Å². The number of rotatable bonds is 3. The largest absolute Gasteiger partial charge is 0.480 e. The molecule has 1 aliphatic rings. The van der Waals surface area contributed by atoms with Gasteiger partial charge in [0.25, 0.3) is 0 Å². The molecule has 0 radical (unpaired) electrons. The van der Waals surface area contributed by atoms with E-state index in [4.69, 9.17) is 5.26 Å². The van der Waals surface area contributed by atoms with Gasteiger partial charge < -0.3 is 15.3 Å². The monoisotopic (exact) mass is 335 g/mol. The Hall–Kier alpha value is -3.33. The number of anilines is 1. The minimum Gasteiger partial charge on any atom is -0.480 e. The van der Waals surface area contributed by atoms with Crippen LogP contribution in [0.4, 0.5) is 10.5 Å². The van der Waals surface area contributed by atoms with Crippen LogP contribution in [0.1, 0.15) is 18.4 Å². The normalized spacial score (nSPS) is 16.3. The van der Waals surface area contributed by atoms with Crippen molar-refractivity contribution < 1.29 is 14.7 Å². The van der Waals surface area contributed by atoms with Gasteiger partial charge in [0.1, 0.15) is 6.04 Å². The maximum atomic E-state index is 12.6. The minimum atomic E-state index is -0.998. The molecular formula is C19H17N3O3. The van der Waals surface area contributed by atoms with E-state index in [9.17, 15) is 14.7 Å². The molecule has 0 aromatic heterocycles. The smallest absolute Gasteiger partial charge is 0.326 e. The highest BCUT2D eigenvalue weighted by Gasteiger charge is 2.34. The van der Waals surface area contributed by atoms with Crippen molar-refractivity contribution in [3.8, 4) is 17.2 Å². The first-order valence-electron chi connectivity index (χ1n) is 8.00. The fourth-order valence-corrected chi connectivity index (χ4v) is 3.04. The first kappa shape index (κ1) is 16.5. The molecule has 1 fully saturated rings. The second-order valence-corrected chi connectivity index (χ2v) is 5.86. The van der Waals surface area contributed by atoms with E-state index in [-0.39, 0.29) is 0 Å². The molecule has 1 aliphatic heterocycles. The van der Waals surface area contributed by atoms with E-state index in [1.54, 1.807) is 18.2 Å². The number of nitrogens with one attached hydrogen (secondary N) is 1. The number of nitrogens with zero attached hydrogens (tertiary/aromatic N) is 2. The number of carbonyl (C=O) groups excluding carboxylic acids is 1. The lowest BCUT2D eigenvalue weighted by Gasteiger charge is -2.22. The van der Waals surface area contributed by atoms with Crippen LogP contribution in [0.15, 0.2) is 48.5 Å². The number of carboxylic acids is 1. The molecule has 6 heteroatoms. The quantitative estimate of drug-likeness (QED) is 0.900.